The minimum Gasteiger partial charge on any atom is -0.369 e. The fourth-order valence-corrected chi connectivity index (χ4v) is 2.85. The second-order valence-corrected chi connectivity index (χ2v) is 5.96. The van der Waals surface area contributed by atoms with Crippen LogP contribution in [-0.4, -0.2) is 29.3 Å². The summed E-state index contributed by atoms with van der Waals surface area (Å²) in [5.41, 5.74) is 5.59. The molecule has 1 saturated heterocycles. The largest absolute Gasteiger partial charge is 0.369 e. The van der Waals surface area contributed by atoms with Crippen LogP contribution in [0.25, 0.3) is 0 Å². The molecular formula is C14H16BrFN2O2. The number of primary amides is 1. The van der Waals surface area contributed by atoms with Crippen molar-refractivity contribution in [2.75, 3.05) is 6.54 Å². The Morgan fingerprint density at radius 1 is 1.40 bits per heavy atom. The summed E-state index contributed by atoms with van der Waals surface area (Å²) in [5, 5.41) is 0. The molecule has 1 aliphatic rings. The molecule has 0 aliphatic carbocycles. The van der Waals surface area contributed by atoms with E-state index in [1.54, 1.807) is 4.90 Å². The molecule has 4 nitrogen and oxygen atoms in total. The molecule has 0 saturated carbocycles. The number of carbonyl (C=O) groups excluding carboxylic acids is 2. The molecule has 0 bridgehead atoms. The molecule has 2 atom stereocenters. The Morgan fingerprint density at radius 2 is 2.10 bits per heavy atom. The molecule has 2 rings (SSSR count). The second-order valence-electron chi connectivity index (χ2n) is 5.11. The van der Waals surface area contributed by atoms with Crippen molar-refractivity contribution in [3.8, 4) is 0 Å². The van der Waals surface area contributed by atoms with Gasteiger partial charge in [-0.1, -0.05) is 0 Å². The quantitative estimate of drug-likeness (QED) is 0.896. The molecule has 1 fully saturated rings. The normalized spacial score (nSPS) is 22.6. The van der Waals surface area contributed by atoms with E-state index in [9.17, 15) is 14.0 Å². The van der Waals surface area contributed by atoms with E-state index in [-0.39, 0.29) is 30.0 Å². The van der Waals surface area contributed by atoms with Crippen LogP contribution in [0.15, 0.2) is 22.7 Å². The predicted molar refractivity (Wildman–Crippen MR) is 76.5 cm³/mol. The van der Waals surface area contributed by atoms with E-state index < -0.39 is 11.7 Å². The number of likely N-dealkylation sites (tertiary alicyclic amines) is 1. The molecule has 0 radical (unpaired) electrons. The van der Waals surface area contributed by atoms with E-state index in [1.807, 2.05) is 6.92 Å². The smallest absolute Gasteiger partial charge is 0.255 e. The van der Waals surface area contributed by atoms with Gasteiger partial charge in [-0.15, -0.1) is 0 Å². The molecular weight excluding hydrogens is 327 g/mol. The molecule has 2 N–H and O–H groups in total. The van der Waals surface area contributed by atoms with Crippen LogP contribution in [0.3, 0.4) is 0 Å². The van der Waals surface area contributed by atoms with Crippen molar-refractivity contribution in [1.29, 1.82) is 0 Å². The van der Waals surface area contributed by atoms with Crippen LogP contribution in [0.5, 0.6) is 0 Å². The van der Waals surface area contributed by atoms with E-state index in [2.05, 4.69) is 15.9 Å². The number of piperidine rings is 1. The third-order valence-electron chi connectivity index (χ3n) is 3.70. The van der Waals surface area contributed by atoms with Gasteiger partial charge in [0.05, 0.1) is 11.5 Å². The number of hydrogen-bond acceptors (Lipinski definition) is 2. The van der Waals surface area contributed by atoms with Gasteiger partial charge in [0, 0.05) is 17.1 Å². The summed E-state index contributed by atoms with van der Waals surface area (Å²) >= 11 is 3.26. The van der Waals surface area contributed by atoms with E-state index >= 15 is 0 Å². The van der Waals surface area contributed by atoms with Crippen molar-refractivity contribution >= 4 is 27.7 Å². The molecule has 0 aromatic heterocycles. The highest BCUT2D eigenvalue weighted by molar-refractivity contribution is 9.10. The first-order chi connectivity index (χ1) is 9.40. The minimum atomic E-state index is -0.465. The van der Waals surface area contributed by atoms with Crippen LogP contribution in [0.4, 0.5) is 4.39 Å². The van der Waals surface area contributed by atoms with Crippen molar-refractivity contribution in [1.82, 2.24) is 4.90 Å². The molecule has 1 heterocycles. The number of carbonyl (C=O) groups is 2. The molecule has 0 spiro atoms. The van der Waals surface area contributed by atoms with E-state index in [0.717, 1.165) is 0 Å². The second kappa shape index (κ2) is 5.91. The van der Waals surface area contributed by atoms with Gasteiger partial charge in [-0.05, 0) is 53.9 Å². The van der Waals surface area contributed by atoms with Gasteiger partial charge in [-0.2, -0.15) is 0 Å². The Bertz CT molecular complexity index is 550. The highest BCUT2D eigenvalue weighted by Gasteiger charge is 2.32. The fourth-order valence-electron chi connectivity index (χ4n) is 2.44. The first-order valence-corrected chi connectivity index (χ1v) is 7.24. The zero-order valence-corrected chi connectivity index (χ0v) is 12.7. The summed E-state index contributed by atoms with van der Waals surface area (Å²) < 4.78 is 13.9. The Labute approximate surface area is 125 Å². The number of halogens is 2. The van der Waals surface area contributed by atoms with E-state index in [1.165, 1.54) is 18.2 Å². The van der Waals surface area contributed by atoms with Gasteiger partial charge < -0.3 is 10.6 Å². The molecule has 1 aliphatic heterocycles. The van der Waals surface area contributed by atoms with Gasteiger partial charge >= 0.3 is 0 Å². The van der Waals surface area contributed by atoms with Crippen LogP contribution in [0.2, 0.25) is 0 Å². The molecule has 2 unspecified atom stereocenters. The Kier molecular flexibility index (Phi) is 4.42. The monoisotopic (exact) mass is 342 g/mol. The summed E-state index contributed by atoms with van der Waals surface area (Å²) in [4.78, 5) is 25.4. The van der Waals surface area contributed by atoms with Gasteiger partial charge in [0.1, 0.15) is 5.82 Å². The van der Waals surface area contributed by atoms with Crippen molar-refractivity contribution in [2.24, 2.45) is 11.7 Å². The number of amides is 2. The van der Waals surface area contributed by atoms with Gasteiger partial charge in [0.15, 0.2) is 0 Å². The summed E-state index contributed by atoms with van der Waals surface area (Å²) in [6.07, 6.45) is 1.40. The van der Waals surface area contributed by atoms with E-state index in [0.29, 0.717) is 17.3 Å². The van der Waals surface area contributed by atoms with Crippen molar-refractivity contribution in [2.45, 2.75) is 25.8 Å². The molecule has 6 heteroatoms. The summed E-state index contributed by atoms with van der Waals surface area (Å²) in [7, 11) is 0. The van der Waals surface area contributed by atoms with E-state index in [4.69, 9.17) is 5.73 Å². The van der Waals surface area contributed by atoms with Crippen molar-refractivity contribution in [3.63, 3.8) is 0 Å². The minimum absolute atomic E-state index is 0.00765. The average Bonchev–Trinajstić information content (AvgIpc) is 2.41. The van der Waals surface area contributed by atoms with Gasteiger partial charge in [0.25, 0.3) is 5.91 Å². The summed E-state index contributed by atoms with van der Waals surface area (Å²) in [6, 6.07) is 4.00. The van der Waals surface area contributed by atoms with Crippen LogP contribution >= 0.6 is 15.9 Å². The van der Waals surface area contributed by atoms with Gasteiger partial charge in [-0.25, -0.2) is 4.39 Å². The number of nitrogens with zero attached hydrogens (tertiary/aromatic N) is 1. The molecule has 1 aromatic rings. The highest BCUT2D eigenvalue weighted by Crippen LogP contribution is 2.26. The molecule has 1 aromatic carbocycles. The van der Waals surface area contributed by atoms with Crippen LogP contribution in [0.1, 0.15) is 30.1 Å². The predicted octanol–water partition coefficient (Wildman–Crippen LogP) is 2.31. The summed E-state index contributed by atoms with van der Waals surface area (Å²) in [5.74, 6) is -1.47. The lowest BCUT2D eigenvalue weighted by Gasteiger charge is -2.37. The van der Waals surface area contributed by atoms with Crippen LogP contribution in [-0.2, 0) is 4.79 Å². The maximum absolute atomic E-state index is 13.3. The molecule has 2 amide bonds. The number of nitrogens with two attached hydrogens (primary N) is 1. The number of benzene rings is 1. The molecule has 108 valence electrons. The Hall–Kier alpha value is -1.43. The number of hydrogen-bond donors (Lipinski definition) is 1. The topological polar surface area (TPSA) is 63.4 Å². The zero-order valence-electron chi connectivity index (χ0n) is 11.1. The van der Waals surface area contributed by atoms with Crippen LogP contribution < -0.4 is 5.73 Å². The SMILES string of the molecule is CC1CCC(C(N)=O)CN1C(=O)c1cc(F)ccc1Br. The lowest BCUT2D eigenvalue weighted by molar-refractivity contribution is -0.123. The van der Waals surface area contributed by atoms with Gasteiger partial charge in [-0.3, -0.25) is 9.59 Å². The Morgan fingerprint density at radius 3 is 2.75 bits per heavy atom. The number of rotatable bonds is 2. The van der Waals surface area contributed by atoms with Crippen LogP contribution in [0, 0.1) is 11.7 Å². The Balaban J connectivity index is 2.26. The maximum Gasteiger partial charge on any atom is 0.255 e. The third-order valence-corrected chi connectivity index (χ3v) is 4.40. The first kappa shape index (κ1) is 15.0. The zero-order chi connectivity index (χ0) is 14.9. The molecule has 20 heavy (non-hydrogen) atoms. The standard InChI is InChI=1S/C14H16BrFN2O2/c1-8-2-3-9(13(17)19)7-18(8)14(20)11-6-10(16)4-5-12(11)15/h4-6,8-9H,2-3,7H2,1H3,(H2,17,19). The average molecular weight is 343 g/mol. The highest BCUT2D eigenvalue weighted by atomic mass is 79.9. The lowest BCUT2D eigenvalue weighted by atomic mass is 9.92. The third kappa shape index (κ3) is 3.00. The lowest BCUT2D eigenvalue weighted by Crippen LogP contribution is -2.48. The van der Waals surface area contributed by atoms with Gasteiger partial charge in [0.2, 0.25) is 5.91 Å². The van der Waals surface area contributed by atoms with Crippen molar-refractivity contribution in [3.05, 3.63) is 34.1 Å². The first-order valence-electron chi connectivity index (χ1n) is 6.45. The summed E-state index contributed by atoms with van der Waals surface area (Å²) in [6.45, 7) is 2.21. The van der Waals surface area contributed by atoms with Crippen molar-refractivity contribution < 1.29 is 14.0 Å². The fraction of sp³-hybridized carbons (Fsp3) is 0.429. The maximum atomic E-state index is 13.3.